The van der Waals surface area contributed by atoms with Crippen LogP contribution >= 0.6 is 11.8 Å². The van der Waals surface area contributed by atoms with Crippen molar-refractivity contribution in [2.75, 3.05) is 5.32 Å². The summed E-state index contributed by atoms with van der Waals surface area (Å²) in [6.45, 7) is 0. The fourth-order valence-electron chi connectivity index (χ4n) is 1.69. The van der Waals surface area contributed by atoms with Crippen LogP contribution in [0.3, 0.4) is 0 Å². The number of carbonyl (C=O) groups excluding carboxylic acids is 1. The Hall–Kier alpha value is -2.39. The Bertz CT molecular complexity index is 698. The molecule has 0 spiro atoms. The van der Waals surface area contributed by atoms with Crippen molar-refractivity contribution >= 4 is 23.4 Å². The van der Waals surface area contributed by atoms with Gasteiger partial charge in [0.2, 0.25) is 0 Å². The second-order valence-electron chi connectivity index (χ2n) is 4.02. The molecule has 0 unspecified atom stereocenters. The van der Waals surface area contributed by atoms with Crippen LogP contribution in [0.2, 0.25) is 0 Å². The van der Waals surface area contributed by atoms with Gasteiger partial charge in [0, 0.05) is 10.5 Å². The van der Waals surface area contributed by atoms with Gasteiger partial charge in [-0.1, -0.05) is 30.0 Å². The van der Waals surface area contributed by atoms with E-state index in [9.17, 15) is 13.6 Å². The number of hydrogen-bond acceptors (Lipinski definition) is 3. The first-order chi connectivity index (χ1) is 10.1. The lowest BCUT2D eigenvalue weighted by molar-refractivity contribution is 0.102. The molecule has 0 saturated carbocycles. The van der Waals surface area contributed by atoms with Crippen LogP contribution in [0.4, 0.5) is 14.5 Å². The Kier molecular flexibility index (Phi) is 4.90. The fraction of sp³-hybridized carbons (Fsp3) is 0.0667. The molecule has 0 radical (unpaired) electrons. The second kappa shape index (κ2) is 6.86. The van der Waals surface area contributed by atoms with Gasteiger partial charge < -0.3 is 5.32 Å². The summed E-state index contributed by atoms with van der Waals surface area (Å²) in [5.41, 5.74) is 0.971. The topological polar surface area (TPSA) is 52.9 Å². The molecule has 0 aromatic heterocycles. The molecule has 1 N–H and O–H groups in total. The summed E-state index contributed by atoms with van der Waals surface area (Å²) in [6, 6.07) is 14.4. The van der Waals surface area contributed by atoms with Gasteiger partial charge in [-0.15, -0.1) is 0 Å². The number of rotatable bonds is 4. The van der Waals surface area contributed by atoms with Crippen molar-refractivity contribution in [3.8, 4) is 6.07 Å². The Balaban J connectivity index is 2.21. The lowest BCUT2D eigenvalue weighted by atomic mass is 10.1. The van der Waals surface area contributed by atoms with E-state index in [4.69, 9.17) is 5.26 Å². The van der Waals surface area contributed by atoms with Crippen molar-refractivity contribution in [3.05, 3.63) is 59.7 Å². The Morgan fingerprint density at radius 2 is 1.95 bits per heavy atom. The van der Waals surface area contributed by atoms with Gasteiger partial charge >= 0.3 is 0 Å². The number of nitriles is 1. The SMILES string of the molecule is N#Cc1cccc(C(=O)Nc2ccccc2SC(F)F)c1. The predicted octanol–water partition coefficient (Wildman–Crippen LogP) is 4.13. The molecule has 2 aromatic rings. The maximum absolute atomic E-state index is 12.5. The number of carbonyl (C=O) groups is 1. The first kappa shape index (κ1) is 15.0. The molecule has 6 heteroatoms. The van der Waals surface area contributed by atoms with Crippen molar-refractivity contribution < 1.29 is 13.6 Å². The number of para-hydroxylation sites is 1. The van der Waals surface area contributed by atoms with Crippen LogP contribution in [0, 0.1) is 11.3 Å². The fourth-order valence-corrected chi connectivity index (χ4v) is 2.29. The average molecular weight is 304 g/mol. The van der Waals surface area contributed by atoms with Crippen LogP contribution in [0.1, 0.15) is 15.9 Å². The van der Waals surface area contributed by atoms with Gasteiger partial charge in [0.25, 0.3) is 11.7 Å². The molecule has 0 fully saturated rings. The summed E-state index contributed by atoms with van der Waals surface area (Å²) >= 11 is 0.369. The van der Waals surface area contributed by atoms with Crippen LogP contribution in [0.5, 0.6) is 0 Å². The third-order valence-corrected chi connectivity index (χ3v) is 3.39. The largest absolute Gasteiger partial charge is 0.321 e. The van der Waals surface area contributed by atoms with Crippen LogP contribution in [0.15, 0.2) is 53.4 Å². The quantitative estimate of drug-likeness (QED) is 0.864. The van der Waals surface area contributed by atoms with Gasteiger partial charge in [-0.3, -0.25) is 4.79 Å². The Labute approximate surface area is 124 Å². The van der Waals surface area contributed by atoms with Crippen LogP contribution in [0.25, 0.3) is 0 Å². The number of anilines is 1. The van der Waals surface area contributed by atoms with Gasteiger partial charge in [-0.2, -0.15) is 14.0 Å². The van der Waals surface area contributed by atoms with Crippen LogP contribution < -0.4 is 5.32 Å². The molecule has 2 rings (SSSR count). The number of hydrogen-bond donors (Lipinski definition) is 1. The van der Waals surface area contributed by atoms with Crippen molar-refractivity contribution in [1.82, 2.24) is 0 Å². The molecule has 2 aromatic carbocycles. The second-order valence-corrected chi connectivity index (χ2v) is 5.05. The molecule has 0 aliphatic heterocycles. The molecule has 0 saturated heterocycles. The summed E-state index contributed by atoms with van der Waals surface area (Å²) in [4.78, 5) is 12.4. The van der Waals surface area contributed by atoms with Crippen molar-refractivity contribution in [2.45, 2.75) is 10.7 Å². The molecular weight excluding hydrogens is 294 g/mol. The minimum absolute atomic E-state index is 0.289. The molecular formula is C15H10F2N2OS. The number of nitrogens with zero attached hydrogens (tertiary/aromatic N) is 1. The Morgan fingerprint density at radius 1 is 1.19 bits per heavy atom. The highest BCUT2D eigenvalue weighted by atomic mass is 32.2. The third kappa shape index (κ3) is 4.04. The Morgan fingerprint density at radius 3 is 2.67 bits per heavy atom. The highest BCUT2D eigenvalue weighted by molar-refractivity contribution is 7.99. The number of benzene rings is 2. The predicted molar refractivity (Wildman–Crippen MR) is 77.4 cm³/mol. The smallest absolute Gasteiger partial charge is 0.288 e. The summed E-state index contributed by atoms with van der Waals surface area (Å²) in [7, 11) is 0. The van der Waals surface area contributed by atoms with E-state index in [-0.39, 0.29) is 4.90 Å². The number of thioether (sulfide) groups is 1. The number of nitrogens with one attached hydrogen (secondary N) is 1. The zero-order valence-corrected chi connectivity index (χ0v) is 11.5. The zero-order valence-electron chi connectivity index (χ0n) is 10.7. The van der Waals surface area contributed by atoms with Gasteiger partial charge in [0.15, 0.2) is 0 Å². The summed E-state index contributed by atoms with van der Waals surface area (Å²) < 4.78 is 24.9. The van der Waals surface area contributed by atoms with Gasteiger partial charge in [-0.25, -0.2) is 0 Å². The lowest BCUT2D eigenvalue weighted by Gasteiger charge is -2.10. The lowest BCUT2D eigenvalue weighted by Crippen LogP contribution is -2.12. The van der Waals surface area contributed by atoms with E-state index in [0.717, 1.165) is 0 Å². The molecule has 106 valence electrons. The number of alkyl halides is 2. The summed E-state index contributed by atoms with van der Waals surface area (Å²) in [5, 5.41) is 11.4. The van der Waals surface area contributed by atoms with E-state index >= 15 is 0 Å². The summed E-state index contributed by atoms with van der Waals surface area (Å²) in [6.07, 6.45) is 0. The van der Waals surface area contributed by atoms with E-state index in [0.29, 0.717) is 28.6 Å². The molecule has 0 aliphatic rings. The van der Waals surface area contributed by atoms with E-state index in [1.807, 2.05) is 6.07 Å². The minimum Gasteiger partial charge on any atom is -0.321 e. The van der Waals surface area contributed by atoms with E-state index in [1.54, 1.807) is 36.4 Å². The van der Waals surface area contributed by atoms with Crippen molar-refractivity contribution in [1.29, 1.82) is 5.26 Å². The van der Waals surface area contributed by atoms with E-state index < -0.39 is 11.7 Å². The molecule has 21 heavy (non-hydrogen) atoms. The normalized spacial score (nSPS) is 10.2. The monoisotopic (exact) mass is 304 g/mol. The standard InChI is InChI=1S/C15H10F2N2OS/c16-15(17)21-13-7-2-1-6-12(13)19-14(20)11-5-3-4-10(8-11)9-18/h1-8,15H,(H,19,20). The van der Waals surface area contributed by atoms with Crippen molar-refractivity contribution in [2.24, 2.45) is 0 Å². The number of amides is 1. The molecule has 0 aliphatic carbocycles. The molecule has 3 nitrogen and oxygen atoms in total. The van der Waals surface area contributed by atoms with E-state index in [2.05, 4.69) is 5.32 Å². The minimum atomic E-state index is -2.56. The van der Waals surface area contributed by atoms with Gasteiger partial charge in [0.1, 0.15) is 0 Å². The third-order valence-electron chi connectivity index (χ3n) is 2.61. The average Bonchev–Trinajstić information content (AvgIpc) is 2.48. The van der Waals surface area contributed by atoms with Gasteiger partial charge in [-0.05, 0) is 30.3 Å². The maximum atomic E-state index is 12.5. The highest BCUT2D eigenvalue weighted by Crippen LogP contribution is 2.31. The van der Waals surface area contributed by atoms with Gasteiger partial charge in [0.05, 0.1) is 17.3 Å². The van der Waals surface area contributed by atoms with E-state index in [1.165, 1.54) is 12.1 Å². The number of halogens is 2. The molecule has 0 heterocycles. The highest BCUT2D eigenvalue weighted by Gasteiger charge is 2.13. The van der Waals surface area contributed by atoms with Crippen LogP contribution in [-0.4, -0.2) is 11.7 Å². The molecule has 1 amide bonds. The molecule has 0 bridgehead atoms. The van der Waals surface area contributed by atoms with Crippen LogP contribution in [-0.2, 0) is 0 Å². The summed E-state index contributed by atoms with van der Waals surface area (Å²) in [5.74, 6) is -3.01. The first-order valence-electron chi connectivity index (χ1n) is 5.95. The van der Waals surface area contributed by atoms with Crippen molar-refractivity contribution in [3.63, 3.8) is 0 Å². The first-order valence-corrected chi connectivity index (χ1v) is 6.83. The maximum Gasteiger partial charge on any atom is 0.288 e. The zero-order chi connectivity index (χ0) is 15.2. The molecule has 0 atom stereocenters.